The summed E-state index contributed by atoms with van der Waals surface area (Å²) in [6, 6.07) is 8.61. The molecule has 0 radical (unpaired) electrons. The Morgan fingerprint density at radius 2 is 1.94 bits per heavy atom. The summed E-state index contributed by atoms with van der Waals surface area (Å²) in [5, 5.41) is 11.7. The van der Waals surface area contributed by atoms with Crippen molar-refractivity contribution in [3.8, 4) is 5.75 Å². The minimum atomic E-state index is -0.433. The highest BCUT2D eigenvalue weighted by molar-refractivity contribution is 6.32. The van der Waals surface area contributed by atoms with Crippen molar-refractivity contribution in [3.63, 3.8) is 0 Å². The molecule has 1 aromatic carbocycles. The molecule has 168 valence electrons. The number of morpholine rings is 1. The minimum Gasteiger partial charge on any atom is -0.470 e. The highest BCUT2D eigenvalue weighted by Gasteiger charge is 2.26. The van der Waals surface area contributed by atoms with Crippen LogP contribution in [0.5, 0.6) is 5.75 Å². The summed E-state index contributed by atoms with van der Waals surface area (Å²) in [6.07, 6.45) is 2.98. The third kappa shape index (κ3) is 4.61. The molecule has 0 saturated carbocycles. The van der Waals surface area contributed by atoms with Gasteiger partial charge < -0.3 is 19.7 Å². The number of nitrogens with zero attached hydrogens (tertiary/aromatic N) is 5. The van der Waals surface area contributed by atoms with E-state index < -0.39 is 5.91 Å². The topological polar surface area (TPSA) is 104 Å². The number of hydrogen-bond donors (Lipinski definition) is 1. The number of aromatic nitrogens is 4. The van der Waals surface area contributed by atoms with E-state index in [-0.39, 0.29) is 18.3 Å². The average molecular weight is 459 g/mol. The number of aryl methyl sites for hydroxylation is 1. The second kappa shape index (κ2) is 9.84. The van der Waals surface area contributed by atoms with E-state index in [2.05, 4.69) is 15.5 Å². The number of benzene rings is 1. The Kier molecular flexibility index (Phi) is 6.72. The summed E-state index contributed by atoms with van der Waals surface area (Å²) in [6.45, 7) is 4.32. The zero-order chi connectivity index (χ0) is 22.5. The van der Waals surface area contributed by atoms with Crippen LogP contribution < -0.4 is 10.1 Å². The van der Waals surface area contributed by atoms with Gasteiger partial charge in [0, 0.05) is 25.8 Å². The van der Waals surface area contributed by atoms with Crippen LogP contribution in [0.15, 0.2) is 42.7 Å². The predicted octanol–water partition coefficient (Wildman–Crippen LogP) is 2.51. The zero-order valence-electron chi connectivity index (χ0n) is 17.5. The number of halogens is 1. The van der Waals surface area contributed by atoms with E-state index in [9.17, 15) is 9.59 Å². The molecule has 3 aromatic rings. The molecule has 1 fully saturated rings. The van der Waals surface area contributed by atoms with Crippen molar-refractivity contribution >= 4 is 29.1 Å². The smallest absolute Gasteiger partial charge is 0.274 e. The summed E-state index contributed by atoms with van der Waals surface area (Å²) in [7, 11) is 0. The first-order chi connectivity index (χ1) is 15.6. The summed E-state index contributed by atoms with van der Waals surface area (Å²) >= 11 is 6.11. The van der Waals surface area contributed by atoms with Gasteiger partial charge in [-0.3, -0.25) is 14.3 Å². The van der Waals surface area contributed by atoms with Crippen LogP contribution in [0, 0.1) is 0 Å². The molecule has 0 bridgehead atoms. The minimum absolute atomic E-state index is 0.00667. The molecule has 1 saturated heterocycles. The van der Waals surface area contributed by atoms with E-state index in [1.54, 1.807) is 39.9 Å². The molecule has 1 aliphatic rings. The van der Waals surface area contributed by atoms with Gasteiger partial charge in [-0.05, 0) is 25.1 Å². The monoisotopic (exact) mass is 458 g/mol. The summed E-state index contributed by atoms with van der Waals surface area (Å²) in [5.74, 6) is -0.144. The lowest BCUT2D eigenvalue weighted by atomic mass is 10.2. The fraction of sp³-hybridized carbons (Fsp3) is 0.333. The summed E-state index contributed by atoms with van der Waals surface area (Å²) in [4.78, 5) is 27.8. The molecule has 0 spiro atoms. The number of carbonyl (C=O) groups excluding carboxylic acids is 2. The van der Waals surface area contributed by atoms with Gasteiger partial charge in [0.05, 0.1) is 30.1 Å². The first-order valence-electron chi connectivity index (χ1n) is 10.2. The molecule has 1 N–H and O–H groups in total. The standard InChI is InChI=1S/C21H23ClN6O4/c1-2-27-19(21(30)26-9-11-31-12-10-26)16(13-24-27)25-20(29)17-7-8-23-28(17)14-32-18-6-4-3-5-15(18)22/h3-8,13H,2,9-12,14H2,1H3,(H,25,29). The summed E-state index contributed by atoms with van der Waals surface area (Å²) in [5.41, 5.74) is 0.945. The van der Waals surface area contributed by atoms with Gasteiger partial charge in [-0.2, -0.15) is 10.2 Å². The highest BCUT2D eigenvalue weighted by atomic mass is 35.5. The van der Waals surface area contributed by atoms with E-state index in [0.29, 0.717) is 55.0 Å². The number of para-hydroxylation sites is 1. The van der Waals surface area contributed by atoms with Gasteiger partial charge in [0.15, 0.2) is 6.73 Å². The highest BCUT2D eigenvalue weighted by Crippen LogP contribution is 2.24. The Morgan fingerprint density at radius 1 is 1.16 bits per heavy atom. The molecule has 3 heterocycles. The van der Waals surface area contributed by atoms with Crippen molar-refractivity contribution in [2.45, 2.75) is 20.2 Å². The molecular weight excluding hydrogens is 436 g/mol. The Labute approximate surface area is 189 Å². The third-order valence-corrected chi connectivity index (χ3v) is 5.33. The number of nitrogens with one attached hydrogen (secondary N) is 1. The largest absolute Gasteiger partial charge is 0.470 e. The Hall–Kier alpha value is -3.37. The lowest BCUT2D eigenvalue weighted by Crippen LogP contribution is -2.41. The number of amides is 2. The predicted molar refractivity (Wildman–Crippen MR) is 117 cm³/mol. The van der Waals surface area contributed by atoms with Crippen LogP contribution in [0.1, 0.15) is 27.9 Å². The van der Waals surface area contributed by atoms with Crippen LogP contribution in [-0.4, -0.2) is 62.6 Å². The molecule has 0 aliphatic carbocycles. The van der Waals surface area contributed by atoms with Gasteiger partial charge in [-0.25, -0.2) is 4.68 Å². The fourth-order valence-electron chi connectivity index (χ4n) is 3.37. The van der Waals surface area contributed by atoms with Crippen LogP contribution >= 0.6 is 11.6 Å². The third-order valence-electron chi connectivity index (χ3n) is 5.02. The quantitative estimate of drug-likeness (QED) is 0.583. The van der Waals surface area contributed by atoms with Gasteiger partial charge in [0.2, 0.25) is 0 Å². The van der Waals surface area contributed by atoms with Gasteiger partial charge in [-0.1, -0.05) is 23.7 Å². The number of anilines is 1. The Balaban J connectivity index is 1.50. The molecule has 10 nitrogen and oxygen atoms in total. The first kappa shape index (κ1) is 21.8. The summed E-state index contributed by atoms with van der Waals surface area (Å²) < 4.78 is 14.0. The SMILES string of the molecule is CCn1ncc(NC(=O)c2ccnn2COc2ccccc2Cl)c1C(=O)N1CCOCC1. The molecule has 11 heteroatoms. The number of hydrogen-bond acceptors (Lipinski definition) is 6. The molecule has 2 amide bonds. The van der Waals surface area contributed by atoms with E-state index >= 15 is 0 Å². The lowest BCUT2D eigenvalue weighted by Gasteiger charge is -2.27. The van der Waals surface area contributed by atoms with Crippen molar-refractivity contribution in [2.24, 2.45) is 0 Å². The van der Waals surface area contributed by atoms with E-state index in [0.717, 1.165) is 0 Å². The van der Waals surface area contributed by atoms with E-state index in [1.807, 2.05) is 6.92 Å². The molecule has 0 atom stereocenters. The first-order valence-corrected chi connectivity index (χ1v) is 10.6. The van der Waals surface area contributed by atoms with Crippen molar-refractivity contribution in [3.05, 3.63) is 59.1 Å². The van der Waals surface area contributed by atoms with Crippen LogP contribution in [-0.2, 0) is 18.0 Å². The maximum Gasteiger partial charge on any atom is 0.274 e. The van der Waals surface area contributed by atoms with Gasteiger partial charge in [0.25, 0.3) is 11.8 Å². The fourth-order valence-corrected chi connectivity index (χ4v) is 3.56. The Bertz CT molecular complexity index is 1110. The normalized spacial score (nSPS) is 13.8. The van der Waals surface area contributed by atoms with E-state index in [4.69, 9.17) is 21.1 Å². The van der Waals surface area contributed by atoms with Gasteiger partial charge >= 0.3 is 0 Å². The van der Waals surface area contributed by atoms with Crippen molar-refractivity contribution in [1.29, 1.82) is 0 Å². The lowest BCUT2D eigenvalue weighted by molar-refractivity contribution is 0.0295. The van der Waals surface area contributed by atoms with Gasteiger partial charge in [-0.15, -0.1) is 0 Å². The molecule has 32 heavy (non-hydrogen) atoms. The number of ether oxygens (including phenoxy) is 2. The van der Waals surface area contributed by atoms with Crippen molar-refractivity contribution in [2.75, 3.05) is 31.6 Å². The van der Waals surface area contributed by atoms with E-state index in [1.165, 1.54) is 17.1 Å². The maximum absolute atomic E-state index is 13.1. The maximum atomic E-state index is 13.1. The molecular formula is C21H23ClN6O4. The molecule has 1 aliphatic heterocycles. The van der Waals surface area contributed by atoms with Crippen LogP contribution in [0.4, 0.5) is 5.69 Å². The molecule has 0 unspecified atom stereocenters. The molecule has 4 rings (SSSR count). The van der Waals surface area contributed by atoms with Crippen molar-refractivity contribution < 1.29 is 19.1 Å². The van der Waals surface area contributed by atoms with Crippen LogP contribution in [0.2, 0.25) is 5.02 Å². The molecule has 2 aromatic heterocycles. The average Bonchev–Trinajstić information content (AvgIpc) is 3.45. The van der Waals surface area contributed by atoms with Crippen LogP contribution in [0.3, 0.4) is 0 Å². The van der Waals surface area contributed by atoms with Crippen LogP contribution in [0.25, 0.3) is 0 Å². The second-order valence-electron chi connectivity index (χ2n) is 7.00. The number of carbonyl (C=O) groups is 2. The van der Waals surface area contributed by atoms with Crippen molar-refractivity contribution in [1.82, 2.24) is 24.5 Å². The second-order valence-corrected chi connectivity index (χ2v) is 7.41. The Morgan fingerprint density at radius 3 is 2.69 bits per heavy atom. The number of rotatable bonds is 7. The zero-order valence-corrected chi connectivity index (χ0v) is 18.3. The van der Waals surface area contributed by atoms with Gasteiger partial charge in [0.1, 0.15) is 17.1 Å².